The van der Waals surface area contributed by atoms with Crippen LogP contribution in [0.2, 0.25) is 0 Å². The Balaban J connectivity index is 3.99. The van der Waals surface area contributed by atoms with Crippen molar-refractivity contribution in [3.63, 3.8) is 0 Å². The molecule has 0 fully saturated rings. The number of hydrogen-bond acceptors (Lipinski definition) is 3. The second-order valence-electron chi connectivity index (χ2n) is 5.47. The van der Waals surface area contributed by atoms with Gasteiger partial charge in [-0.05, 0) is 26.2 Å². The molecule has 4 heteroatoms. The van der Waals surface area contributed by atoms with Crippen LogP contribution in [0.3, 0.4) is 0 Å². The zero-order valence-electron chi connectivity index (χ0n) is 11.1. The third kappa shape index (κ3) is 6.80. The highest BCUT2D eigenvalue weighted by atomic mass is 16.5. The van der Waals surface area contributed by atoms with E-state index in [1.165, 1.54) is 0 Å². The summed E-state index contributed by atoms with van der Waals surface area (Å²) in [4.78, 5) is 11.6. The van der Waals surface area contributed by atoms with Crippen LogP contribution in [0.25, 0.3) is 0 Å². The summed E-state index contributed by atoms with van der Waals surface area (Å²) in [7, 11) is 0. The van der Waals surface area contributed by atoms with Crippen molar-refractivity contribution in [2.75, 3.05) is 19.8 Å². The molecule has 0 aromatic carbocycles. The van der Waals surface area contributed by atoms with Gasteiger partial charge < -0.3 is 15.2 Å². The number of carbonyl (C=O) groups excluding carboxylic acids is 1. The minimum absolute atomic E-state index is 0.00920. The summed E-state index contributed by atoms with van der Waals surface area (Å²) in [6, 6.07) is 0. The van der Waals surface area contributed by atoms with Gasteiger partial charge in [-0.15, -0.1) is 0 Å². The number of nitrogens with one attached hydrogen (secondary N) is 1. The Labute approximate surface area is 98.4 Å². The highest BCUT2D eigenvalue weighted by Crippen LogP contribution is 2.18. The van der Waals surface area contributed by atoms with Gasteiger partial charge in [-0.25, -0.2) is 0 Å². The summed E-state index contributed by atoms with van der Waals surface area (Å²) in [5.74, 6) is -0.0492. The maximum absolute atomic E-state index is 11.6. The van der Waals surface area contributed by atoms with E-state index in [1.807, 2.05) is 34.6 Å². The van der Waals surface area contributed by atoms with E-state index in [9.17, 15) is 4.79 Å². The highest BCUT2D eigenvalue weighted by Gasteiger charge is 2.23. The SMILES string of the molecule is CCOC(C)(C)CNC(=O)CC(C)(C)CO. The fraction of sp³-hybridized carbons (Fsp3) is 0.917. The van der Waals surface area contributed by atoms with Gasteiger partial charge in [0.25, 0.3) is 0 Å². The Morgan fingerprint density at radius 1 is 1.31 bits per heavy atom. The van der Waals surface area contributed by atoms with E-state index in [4.69, 9.17) is 9.84 Å². The van der Waals surface area contributed by atoms with Crippen LogP contribution in [0.5, 0.6) is 0 Å². The van der Waals surface area contributed by atoms with Gasteiger partial charge in [0.1, 0.15) is 0 Å². The lowest BCUT2D eigenvalue weighted by atomic mass is 9.90. The Hall–Kier alpha value is -0.610. The van der Waals surface area contributed by atoms with Gasteiger partial charge in [-0.1, -0.05) is 13.8 Å². The van der Waals surface area contributed by atoms with Gasteiger partial charge >= 0.3 is 0 Å². The lowest BCUT2D eigenvalue weighted by Crippen LogP contribution is -2.41. The second kappa shape index (κ2) is 6.21. The Morgan fingerprint density at radius 2 is 1.88 bits per heavy atom. The molecule has 0 unspecified atom stereocenters. The molecular formula is C12H25NO3. The summed E-state index contributed by atoms with van der Waals surface area (Å²) in [5.41, 5.74) is -0.701. The van der Waals surface area contributed by atoms with Crippen LogP contribution >= 0.6 is 0 Å². The van der Waals surface area contributed by atoms with Crippen LogP contribution in [0.15, 0.2) is 0 Å². The molecule has 0 aromatic rings. The molecule has 4 nitrogen and oxygen atoms in total. The fourth-order valence-corrected chi connectivity index (χ4v) is 1.31. The van der Waals surface area contributed by atoms with Gasteiger partial charge in [0, 0.05) is 26.2 Å². The summed E-state index contributed by atoms with van der Waals surface area (Å²) in [5, 5.41) is 11.9. The van der Waals surface area contributed by atoms with E-state index in [1.54, 1.807) is 0 Å². The van der Waals surface area contributed by atoms with Gasteiger partial charge in [0.05, 0.1) is 5.60 Å². The molecule has 16 heavy (non-hydrogen) atoms. The summed E-state index contributed by atoms with van der Waals surface area (Å²) < 4.78 is 5.47. The average Bonchev–Trinajstić information content (AvgIpc) is 2.14. The van der Waals surface area contributed by atoms with Crippen molar-refractivity contribution in [1.82, 2.24) is 5.32 Å². The predicted octanol–water partition coefficient (Wildman–Crippen LogP) is 1.33. The number of carbonyl (C=O) groups is 1. The third-order valence-corrected chi connectivity index (χ3v) is 2.31. The van der Waals surface area contributed by atoms with Crippen LogP contribution in [0.1, 0.15) is 41.0 Å². The Bertz CT molecular complexity index is 224. The topological polar surface area (TPSA) is 58.6 Å². The molecule has 0 spiro atoms. The van der Waals surface area contributed by atoms with E-state index < -0.39 is 0 Å². The van der Waals surface area contributed by atoms with E-state index in [-0.39, 0.29) is 23.5 Å². The van der Waals surface area contributed by atoms with Gasteiger partial charge in [-0.2, -0.15) is 0 Å². The molecule has 0 rings (SSSR count). The number of rotatable bonds is 7. The zero-order valence-corrected chi connectivity index (χ0v) is 11.1. The molecule has 0 atom stereocenters. The van der Waals surface area contributed by atoms with E-state index in [0.29, 0.717) is 19.6 Å². The summed E-state index contributed by atoms with van der Waals surface area (Å²) >= 11 is 0. The molecule has 2 N–H and O–H groups in total. The smallest absolute Gasteiger partial charge is 0.220 e. The van der Waals surface area contributed by atoms with E-state index >= 15 is 0 Å². The standard InChI is InChI=1S/C12H25NO3/c1-6-16-12(4,5)8-13-10(15)7-11(2,3)9-14/h14H,6-9H2,1-5H3,(H,13,15). The predicted molar refractivity (Wildman–Crippen MR) is 64.2 cm³/mol. The zero-order chi connectivity index (χ0) is 12.8. The fourth-order valence-electron chi connectivity index (χ4n) is 1.31. The van der Waals surface area contributed by atoms with Gasteiger partial charge in [0.2, 0.25) is 5.91 Å². The molecule has 0 aromatic heterocycles. The van der Waals surface area contributed by atoms with Crippen LogP contribution in [-0.2, 0) is 9.53 Å². The second-order valence-corrected chi connectivity index (χ2v) is 5.47. The Morgan fingerprint density at radius 3 is 2.31 bits per heavy atom. The molecule has 0 aliphatic heterocycles. The monoisotopic (exact) mass is 231 g/mol. The molecule has 96 valence electrons. The Kier molecular flexibility index (Phi) is 5.97. The van der Waals surface area contributed by atoms with Crippen molar-refractivity contribution < 1.29 is 14.6 Å². The number of aliphatic hydroxyl groups excluding tert-OH is 1. The first-order valence-electron chi connectivity index (χ1n) is 5.74. The molecule has 0 radical (unpaired) electrons. The van der Waals surface area contributed by atoms with Crippen molar-refractivity contribution in [3.8, 4) is 0 Å². The van der Waals surface area contributed by atoms with Crippen molar-refractivity contribution >= 4 is 5.91 Å². The number of amides is 1. The number of ether oxygens (including phenoxy) is 1. The van der Waals surface area contributed by atoms with Crippen LogP contribution in [-0.4, -0.2) is 36.4 Å². The molecule has 0 heterocycles. The first-order valence-corrected chi connectivity index (χ1v) is 5.74. The molecule has 0 saturated carbocycles. The third-order valence-electron chi connectivity index (χ3n) is 2.31. The minimum atomic E-state index is -0.361. The first kappa shape index (κ1) is 15.4. The quantitative estimate of drug-likeness (QED) is 0.695. The molecule has 0 aliphatic rings. The lowest BCUT2D eigenvalue weighted by molar-refractivity contribution is -0.125. The van der Waals surface area contributed by atoms with Crippen molar-refractivity contribution in [3.05, 3.63) is 0 Å². The first-order chi connectivity index (χ1) is 7.22. The normalized spacial score (nSPS) is 12.6. The number of aliphatic hydroxyl groups is 1. The van der Waals surface area contributed by atoms with Crippen LogP contribution in [0, 0.1) is 5.41 Å². The van der Waals surface area contributed by atoms with Gasteiger partial charge in [0.15, 0.2) is 0 Å². The summed E-state index contributed by atoms with van der Waals surface area (Å²) in [6.07, 6.45) is 0.325. The number of hydrogen-bond donors (Lipinski definition) is 2. The average molecular weight is 231 g/mol. The minimum Gasteiger partial charge on any atom is -0.396 e. The van der Waals surface area contributed by atoms with E-state index in [0.717, 1.165) is 0 Å². The van der Waals surface area contributed by atoms with Crippen LogP contribution < -0.4 is 5.32 Å². The molecule has 0 saturated heterocycles. The maximum atomic E-state index is 11.6. The van der Waals surface area contributed by atoms with Crippen molar-refractivity contribution in [2.24, 2.45) is 5.41 Å². The maximum Gasteiger partial charge on any atom is 0.220 e. The molecule has 0 bridgehead atoms. The molecular weight excluding hydrogens is 206 g/mol. The molecule has 1 amide bonds. The van der Waals surface area contributed by atoms with Crippen molar-refractivity contribution in [2.45, 2.75) is 46.6 Å². The van der Waals surface area contributed by atoms with Gasteiger partial charge in [-0.3, -0.25) is 4.79 Å². The lowest BCUT2D eigenvalue weighted by Gasteiger charge is -2.26. The highest BCUT2D eigenvalue weighted by molar-refractivity contribution is 5.76. The summed E-state index contributed by atoms with van der Waals surface area (Å²) in [6.45, 7) is 10.7. The van der Waals surface area contributed by atoms with E-state index in [2.05, 4.69) is 5.32 Å². The van der Waals surface area contributed by atoms with Crippen LogP contribution in [0.4, 0.5) is 0 Å². The van der Waals surface area contributed by atoms with Crippen molar-refractivity contribution in [1.29, 1.82) is 0 Å². The molecule has 0 aliphatic carbocycles. The largest absolute Gasteiger partial charge is 0.396 e.